The summed E-state index contributed by atoms with van der Waals surface area (Å²) in [6, 6.07) is 3.74. The fraction of sp³-hybridized carbons (Fsp3) is 0.500. The molecule has 1 heterocycles. The second-order valence-corrected chi connectivity index (χ2v) is 7.47. The van der Waals surface area contributed by atoms with E-state index in [9.17, 15) is 13.2 Å². The highest BCUT2D eigenvalue weighted by molar-refractivity contribution is 7.89. The molecule has 2 unspecified atom stereocenters. The van der Waals surface area contributed by atoms with Gasteiger partial charge in [-0.05, 0) is 32.0 Å². The molecule has 0 saturated carbocycles. The Morgan fingerprint density at radius 1 is 1.41 bits per heavy atom. The van der Waals surface area contributed by atoms with E-state index in [1.54, 1.807) is 6.92 Å². The zero-order valence-electron chi connectivity index (χ0n) is 12.6. The molecular formula is C14H18ClNO5S. The number of carbonyl (C=O) groups is 1. The Labute approximate surface area is 135 Å². The Kier molecular flexibility index (Phi) is 5.11. The smallest absolute Gasteiger partial charge is 0.337 e. The van der Waals surface area contributed by atoms with Crippen LogP contribution in [0.1, 0.15) is 24.2 Å². The summed E-state index contributed by atoms with van der Waals surface area (Å²) < 4.78 is 37.0. The highest BCUT2D eigenvalue weighted by Crippen LogP contribution is 2.29. The lowest BCUT2D eigenvalue weighted by Gasteiger charge is -2.35. The second kappa shape index (κ2) is 6.54. The summed E-state index contributed by atoms with van der Waals surface area (Å²) in [5.74, 6) is -0.570. The predicted molar refractivity (Wildman–Crippen MR) is 81.6 cm³/mol. The number of halogens is 1. The summed E-state index contributed by atoms with van der Waals surface area (Å²) >= 11 is 6.07. The summed E-state index contributed by atoms with van der Waals surface area (Å²) in [5.41, 5.74) is 0.204. The van der Waals surface area contributed by atoms with E-state index in [1.807, 2.05) is 6.92 Å². The molecule has 22 heavy (non-hydrogen) atoms. The average Bonchev–Trinajstić information content (AvgIpc) is 2.48. The van der Waals surface area contributed by atoms with Gasteiger partial charge in [-0.2, -0.15) is 4.31 Å². The number of hydrogen-bond acceptors (Lipinski definition) is 5. The van der Waals surface area contributed by atoms with Crippen LogP contribution in [-0.2, 0) is 19.5 Å². The summed E-state index contributed by atoms with van der Waals surface area (Å²) in [7, 11) is -2.51. The number of benzene rings is 1. The van der Waals surface area contributed by atoms with Crippen LogP contribution in [0, 0.1) is 0 Å². The van der Waals surface area contributed by atoms with Crippen LogP contribution in [0.4, 0.5) is 0 Å². The number of ether oxygens (including phenoxy) is 2. The number of sulfonamides is 1. The van der Waals surface area contributed by atoms with Crippen LogP contribution in [0.2, 0.25) is 5.02 Å². The van der Waals surface area contributed by atoms with Crippen molar-refractivity contribution in [2.45, 2.75) is 30.9 Å². The maximum atomic E-state index is 12.8. The molecular weight excluding hydrogens is 330 g/mol. The Hall–Kier alpha value is -1.15. The molecule has 1 aromatic rings. The number of morpholine rings is 1. The Bertz CT molecular complexity index is 676. The first kappa shape index (κ1) is 17.2. The monoisotopic (exact) mass is 347 g/mol. The molecule has 0 bridgehead atoms. The van der Waals surface area contributed by atoms with Gasteiger partial charge in [0.25, 0.3) is 0 Å². The van der Waals surface area contributed by atoms with Crippen LogP contribution in [0.25, 0.3) is 0 Å². The van der Waals surface area contributed by atoms with E-state index in [0.717, 1.165) is 0 Å². The third-order valence-corrected chi connectivity index (χ3v) is 5.95. The molecule has 0 spiro atoms. The Morgan fingerprint density at radius 2 is 2.09 bits per heavy atom. The molecule has 1 saturated heterocycles. The van der Waals surface area contributed by atoms with Gasteiger partial charge < -0.3 is 9.47 Å². The van der Waals surface area contributed by atoms with Crippen molar-refractivity contribution in [3.05, 3.63) is 28.8 Å². The molecule has 0 aromatic heterocycles. The van der Waals surface area contributed by atoms with Crippen molar-refractivity contribution in [1.29, 1.82) is 0 Å². The molecule has 1 aliphatic rings. The van der Waals surface area contributed by atoms with Crippen molar-refractivity contribution in [3.63, 3.8) is 0 Å². The van der Waals surface area contributed by atoms with E-state index in [-0.39, 0.29) is 34.2 Å². The minimum Gasteiger partial charge on any atom is -0.465 e. The first-order valence-corrected chi connectivity index (χ1v) is 8.60. The van der Waals surface area contributed by atoms with E-state index in [4.69, 9.17) is 16.3 Å². The summed E-state index contributed by atoms with van der Waals surface area (Å²) in [6.07, 6.45) is -0.181. The SMILES string of the molecule is COC(=O)c1ccc(S(=O)(=O)N2CC(C)OCC2C)c(Cl)c1. The molecule has 2 atom stereocenters. The van der Waals surface area contributed by atoms with Crippen molar-refractivity contribution >= 4 is 27.6 Å². The zero-order chi connectivity index (χ0) is 16.5. The average molecular weight is 348 g/mol. The number of esters is 1. The lowest BCUT2D eigenvalue weighted by atomic mass is 10.2. The number of methoxy groups -OCH3 is 1. The molecule has 122 valence electrons. The van der Waals surface area contributed by atoms with Crippen molar-refractivity contribution in [3.8, 4) is 0 Å². The fourth-order valence-electron chi connectivity index (χ4n) is 2.29. The number of nitrogens with zero attached hydrogens (tertiary/aromatic N) is 1. The zero-order valence-corrected chi connectivity index (χ0v) is 14.1. The van der Waals surface area contributed by atoms with Crippen LogP contribution in [0.5, 0.6) is 0 Å². The summed E-state index contributed by atoms with van der Waals surface area (Å²) in [6.45, 7) is 4.19. The van der Waals surface area contributed by atoms with E-state index in [0.29, 0.717) is 6.61 Å². The quantitative estimate of drug-likeness (QED) is 0.781. The van der Waals surface area contributed by atoms with Gasteiger partial charge in [0.1, 0.15) is 4.90 Å². The Morgan fingerprint density at radius 3 is 2.68 bits per heavy atom. The molecule has 2 rings (SSSR count). The molecule has 1 aliphatic heterocycles. The molecule has 0 N–H and O–H groups in total. The van der Waals surface area contributed by atoms with Gasteiger partial charge in [0.15, 0.2) is 0 Å². The third-order valence-electron chi connectivity index (χ3n) is 3.49. The highest BCUT2D eigenvalue weighted by Gasteiger charge is 2.35. The van der Waals surface area contributed by atoms with Crippen LogP contribution in [0.15, 0.2) is 23.1 Å². The van der Waals surface area contributed by atoms with Crippen molar-refractivity contribution in [1.82, 2.24) is 4.31 Å². The topological polar surface area (TPSA) is 72.9 Å². The molecule has 1 fully saturated rings. The van der Waals surface area contributed by atoms with Crippen molar-refractivity contribution < 1.29 is 22.7 Å². The first-order chi connectivity index (χ1) is 10.3. The van der Waals surface area contributed by atoms with Crippen LogP contribution in [0.3, 0.4) is 0 Å². The maximum Gasteiger partial charge on any atom is 0.337 e. The van der Waals surface area contributed by atoms with Gasteiger partial charge in [0, 0.05) is 12.6 Å². The standard InChI is InChI=1S/C14H18ClNO5S/c1-9-8-21-10(2)7-16(9)22(18,19)13-5-4-11(6-12(13)15)14(17)20-3/h4-6,9-10H,7-8H2,1-3H3. The van der Waals surface area contributed by atoms with Crippen LogP contribution in [-0.4, -0.2) is 51.1 Å². The normalized spacial score (nSPS) is 23.3. The second-order valence-electron chi connectivity index (χ2n) is 5.20. The van der Waals surface area contributed by atoms with Gasteiger partial charge in [0.2, 0.25) is 10.0 Å². The molecule has 8 heteroatoms. The molecule has 6 nitrogen and oxygen atoms in total. The molecule has 0 amide bonds. The van der Waals surface area contributed by atoms with Crippen molar-refractivity contribution in [2.75, 3.05) is 20.3 Å². The summed E-state index contributed by atoms with van der Waals surface area (Å²) in [4.78, 5) is 11.4. The fourth-order valence-corrected chi connectivity index (χ4v) is 4.50. The van der Waals surface area contributed by atoms with E-state index in [1.165, 1.54) is 29.6 Å². The Balaban J connectivity index is 2.39. The molecule has 0 aliphatic carbocycles. The maximum absolute atomic E-state index is 12.8. The van der Waals surface area contributed by atoms with Crippen LogP contribution < -0.4 is 0 Å². The largest absolute Gasteiger partial charge is 0.465 e. The van der Waals surface area contributed by atoms with Gasteiger partial charge in [-0.1, -0.05) is 11.6 Å². The van der Waals surface area contributed by atoms with Gasteiger partial charge in [-0.15, -0.1) is 0 Å². The van der Waals surface area contributed by atoms with E-state index < -0.39 is 16.0 Å². The van der Waals surface area contributed by atoms with Gasteiger partial charge in [0.05, 0.1) is 30.4 Å². The van der Waals surface area contributed by atoms with Gasteiger partial charge in [-0.3, -0.25) is 0 Å². The van der Waals surface area contributed by atoms with E-state index >= 15 is 0 Å². The van der Waals surface area contributed by atoms with Gasteiger partial charge in [-0.25, -0.2) is 13.2 Å². The predicted octanol–water partition coefficient (Wildman–Crippen LogP) is 1.92. The minimum atomic E-state index is -3.75. The molecule has 0 radical (unpaired) electrons. The third kappa shape index (κ3) is 3.27. The molecule has 1 aromatic carbocycles. The van der Waals surface area contributed by atoms with Gasteiger partial charge >= 0.3 is 5.97 Å². The first-order valence-electron chi connectivity index (χ1n) is 6.78. The number of rotatable bonds is 3. The highest BCUT2D eigenvalue weighted by atomic mass is 35.5. The lowest BCUT2D eigenvalue weighted by Crippen LogP contribution is -2.50. The lowest BCUT2D eigenvalue weighted by molar-refractivity contribution is -0.0170. The van der Waals surface area contributed by atoms with E-state index in [2.05, 4.69) is 4.74 Å². The van der Waals surface area contributed by atoms with Crippen molar-refractivity contribution in [2.24, 2.45) is 0 Å². The minimum absolute atomic E-state index is 0.00533. The summed E-state index contributed by atoms with van der Waals surface area (Å²) in [5, 5.41) is -0.00533. The van der Waals surface area contributed by atoms with Crippen LogP contribution >= 0.6 is 11.6 Å². The number of carbonyl (C=O) groups excluding carboxylic acids is 1. The number of hydrogen-bond donors (Lipinski definition) is 0.